The van der Waals surface area contributed by atoms with Gasteiger partial charge in [0.15, 0.2) is 0 Å². The van der Waals surface area contributed by atoms with Crippen LogP contribution in [-0.4, -0.2) is 21.2 Å². The number of carbonyl (C=O) groups excluding carboxylic acids is 1. The first-order chi connectivity index (χ1) is 7.42. The molecule has 0 aliphatic rings. The van der Waals surface area contributed by atoms with Gasteiger partial charge in [0.25, 0.3) is 0 Å². The molecule has 5 heteroatoms. The van der Waals surface area contributed by atoms with Gasteiger partial charge in [-0.1, -0.05) is 13.8 Å². The highest BCUT2D eigenvalue weighted by atomic mass is 16.2. The minimum Gasteiger partial charge on any atom is -0.317 e. The SMILES string of the molecule is CCC(N)(CC)C(=O)Nc1cc(C)nn1C. The fraction of sp³-hybridized carbons (Fsp3) is 0.636. The molecule has 0 aliphatic heterocycles. The van der Waals surface area contributed by atoms with Gasteiger partial charge in [0, 0.05) is 13.1 Å². The van der Waals surface area contributed by atoms with Crippen molar-refractivity contribution in [2.75, 3.05) is 5.32 Å². The number of hydrogen-bond donors (Lipinski definition) is 2. The Morgan fingerprint density at radius 2 is 2.12 bits per heavy atom. The molecule has 0 fully saturated rings. The van der Waals surface area contributed by atoms with Gasteiger partial charge in [-0.3, -0.25) is 9.48 Å². The van der Waals surface area contributed by atoms with E-state index in [1.165, 1.54) is 0 Å². The third kappa shape index (κ3) is 2.41. The fourth-order valence-electron chi connectivity index (χ4n) is 1.54. The van der Waals surface area contributed by atoms with Crippen LogP contribution >= 0.6 is 0 Å². The summed E-state index contributed by atoms with van der Waals surface area (Å²) in [6, 6.07) is 1.82. The molecule has 0 aromatic carbocycles. The third-order valence-electron chi connectivity index (χ3n) is 2.96. The summed E-state index contributed by atoms with van der Waals surface area (Å²) in [4.78, 5) is 12.0. The molecule has 0 spiro atoms. The van der Waals surface area contributed by atoms with Gasteiger partial charge in [-0.05, 0) is 19.8 Å². The predicted molar refractivity (Wildman–Crippen MR) is 64.1 cm³/mol. The lowest BCUT2D eigenvalue weighted by Crippen LogP contribution is -2.50. The quantitative estimate of drug-likeness (QED) is 0.806. The number of nitrogens with one attached hydrogen (secondary N) is 1. The number of aryl methyl sites for hydroxylation is 2. The molecule has 0 bridgehead atoms. The molecule has 1 heterocycles. The monoisotopic (exact) mass is 224 g/mol. The Balaban J connectivity index is 2.82. The van der Waals surface area contributed by atoms with Crippen LogP contribution in [0.2, 0.25) is 0 Å². The second-order valence-electron chi connectivity index (χ2n) is 4.11. The maximum Gasteiger partial charge on any atom is 0.245 e. The van der Waals surface area contributed by atoms with E-state index in [2.05, 4.69) is 10.4 Å². The smallest absolute Gasteiger partial charge is 0.245 e. The summed E-state index contributed by atoms with van der Waals surface area (Å²) >= 11 is 0. The van der Waals surface area contributed by atoms with E-state index in [0.717, 1.165) is 5.69 Å². The highest BCUT2D eigenvalue weighted by molar-refractivity contribution is 5.97. The Morgan fingerprint density at radius 1 is 1.56 bits per heavy atom. The van der Waals surface area contributed by atoms with E-state index in [4.69, 9.17) is 5.73 Å². The van der Waals surface area contributed by atoms with E-state index in [1.807, 2.05) is 26.8 Å². The van der Waals surface area contributed by atoms with Crippen molar-refractivity contribution in [2.45, 2.75) is 39.2 Å². The highest BCUT2D eigenvalue weighted by Crippen LogP contribution is 2.15. The Hall–Kier alpha value is -1.36. The summed E-state index contributed by atoms with van der Waals surface area (Å²) in [6.45, 7) is 5.71. The van der Waals surface area contributed by atoms with Crippen LogP contribution < -0.4 is 11.1 Å². The molecule has 16 heavy (non-hydrogen) atoms. The van der Waals surface area contributed by atoms with E-state index >= 15 is 0 Å². The van der Waals surface area contributed by atoms with Gasteiger partial charge in [0.1, 0.15) is 5.82 Å². The van der Waals surface area contributed by atoms with Gasteiger partial charge in [-0.25, -0.2) is 0 Å². The van der Waals surface area contributed by atoms with E-state index in [1.54, 1.807) is 11.7 Å². The Labute approximate surface area is 96.0 Å². The zero-order chi connectivity index (χ0) is 12.3. The standard InChI is InChI=1S/C11H20N4O/c1-5-11(12,6-2)10(16)13-9-7-8(3)14-15(9)4/h7H,5-6,12H2,1-4H3,(H,13,16). The van der Waals surface area contributed by atoms with Crippen LogP contribution in [0.1, 0.15) is 32.4 Å². The molecule has 1 rings (SSSR count). The van der Waals surface area contributed by atoms with Gasteiger partial charge in [0.05, 0.1) is 11.2 Å². The van der Waals surface area contributed by atoms with Crippen LogP contribution in [0.5, 0.6) is 0 Å². The number of aromatic nitrogens is 2. The lowest BCUT2D eigenvalue weighted by Gasteiger charge is -2.24. The molecular formula is C11H20N4O. The van der Waals surface area contributed by atoms with Crippen molar-refractivity contribution in [3.8, 4) is 0 Å². The highest BCUT2D eigenvalue weighted by Gasteiger charge is 2.30. The van der Waals surface area contributed by atoms with Crippen molar-refractivity contribution >= 4 is 11.7 Å². The van der Waals surface area contributed by atoms with Gasteiger partial charge >= 0.3 is 0 Å². The fourth-order valence-corrected chi connectivity index (χ4v) is 1.54. The molecule has 3 N–H and O–H groups in total. The van der Waals surface area contributed by atoms with Crippen molar-refractivity contribution < 1.29 is 4.79 Å². The molecule has 0 atom stereocenters. The van der Waals surface area contributed by atoms with Crippen molar-refractivity contribution in [1.82, 2.24) is 9.78 Å². The normalized spacial score (nSPS) is 11.6. The number of nitrogens with zero attached hydrogens (tertiary/aromatic N) is 2. The number of anilines is 1. The lowest BCUT2D eigenvalue weighted by atomic mass is 9.93. The molecule has 0 unspecified atom stereocenters. The molecule has 0 saturated carbocycles. The minimum absolute atomic E-state index is 0.152. The summed E-state index contributed by atoms with van der Waals surface area (Å²) < 4.78 is 1.64. The Kier molecular flexibility index (Phi) is 3.70. The van der Waals surface area contributed by atoms with Gasteiger partial charge in [0.2, 0.25) is 5.91 Å². The molecule has 0 aliphatic carbocycles. The van der Waals surface area contributed by atoms with Crippen molar-refractivity contribution in [1.29, 1.82) is 0 Å². The molecule has 0 radical (unpaired) electrons. The zero-order valence-electron chi connectivity index (χ0n) is 10.4. The third-order valence-corrected chi connectivity index (χ3v) is 2.96. The van der Waals surface area contributed by atoms with E-state index in [9.17, 15) is 4.79 Å². The Bertz CT molecular complexity index is 379. The first kappa shape index (κ1) is 12.7. The maximum absolute atomic E-state index is 12.0. The number of hydrogen-bond acceptors (Lipinski definition) is 3. The zero-order valence-corrected chi connectivity index (χ0v) is 10.4. The average Bonchev–Trinajstić information content (AvgIpc) is 2.56. The number of carbonyl (C=O) groups is 1. The van der Waals surface area contributed by atoms with Gasteiger partial charge in [-0.2, -0.15) is 5.10 Å². The molecule has 1 amide bonds. The summed E-state index contributed by atoms with van der Waals surface area (Å²) in [5.74, 6) is 0.528. The largest absolute Gasteiger partial charge is 0.317 e. The maximum atomic E-state index is 12.0. The van der Waals surface area contributed by atoms with Gasteiger partial charge < -0.3 is 11.1 Å². The van der Waals surface area contributed by atoms with Crippen LogP contribution in [0, 0.1) is 6.92 Å². The van der Waals surface area contributed by atoms with Crippen molar-refractivity contribution in [2.24, 2.45) is 12.8 Å². The van der Waals surface area contributed by atoms with E-state index in [0.29, 0.717) is 18.7 Å². The summed E-state index contributed by atoms with van der Waals surface area (Å²) in [6.07, 6.45) is 1.23. The van der Waals surface area contributed by atoms with E-state index < -0.39 is 5.54 Å². The van der Waals surface area contributed by atoms with Gasteiger partial charge in [-0.15, -0.1) is 0 Å². The minimum atomic E-state index is -0.793. The summed E-state index contributed by atoms with van der Waals surface area (Å²) in [5, 5.41) is 6.97. The molecule has 90 valence electrons. The summed E-state index contributed by atoms with van der Waals surface area (Å²) in [7, 11) is 1.79. The molecule has 0 saturated heterocycles. The van der Waals surface area contributed by atoms with Crippen molar-refractivity contribution in [3.05, 3.63) is 11.8 Å². The first-order valence-electron chi connectivity index (χ1n) is 5.54. The molecular weight excluding hydrogens is 204 g/mol. The second-order valence-corrected chi connectivity index (χ2v) is 4.11. The lowest BCUT2D eigenvalue weighted by molar-refractivity contribution is -0.121. The van der Waals surface area contributed by atoms with Crippen molar-refractivity contribution in [3.63, 3.8) is 0 Å². The van der Waals surface area contributed by atoms with Crippen LogP contribution in [0.3, 0.4) is 0 Å². The number of amides is 1. The molecule has 1 aromatic rings. The second kappa shape index (κ2) is 4.65. The van der Waals surface area contributed by atoms with Crippen LogP contribution in [-0.2, 0) is 11.8 Å². The van der Waals surface area contributed by atoms with Crippen LogP contribution in [0.25, 0.3) is 0 Å². The average molecular weight is 224 g/mol. The summed E-state index contributed by atoms with van der Waals surface area (Å²) in [5.41, 5.74) is 6.08. The topological polar surface area (TPSA) is 72.9 Å². The Morgan fingerprint density at radius 3 is 2.50 bits per heavy atom. The molecule has 5 nitrogen and oxygen atoms in total. The van der Waals surface area contributed by atoms with E-state index in [-0.39, 0.29) is 5.91 Å². The number of nitrogens with two attached hydrogens (primary N) is 1. The first-order valence-corrected chi connectivity index (χ1v) is 5.54. The van der Waals surface area contributed by atoms with Crippen LogP contribution in [0.15, 0.2) is 6.07 Å². The number of rotatable bonds is 4. The van der Waals surface area contributed by atoms with Crippen LogP contribution in [0.4, 0.5) is 5.82 Å². The predicted octanol–water partition coefficient (Wildman–Crippen LogP) is 1.18. The molecule has 1 aromatic heterocycles.